The minimum Gasteiger partial charge on any atom is -0.465 e. The van der Waals surface area contributed by atoms with Gasteiger partial charge in [0.1, 0.15) is 17.7 Å². The van der Waals surface area contributed by atoms with Gasteiger partial charge in [0.25, 0.3) is 0 Å². The van der Waals surface area contributed by atoms with Crippen LogP contribution in [0.2, 0.25) is 0 Å². The van der Waals surface area contributed by atoms with E-state index in [0.717, 1.165) is 30.4 Å². The highest BCUT2D eigenvalue weighted by Crippen LogP contribution is 2.32. The number of hydrogen-bond acceptors (Lipinski definition) is 7. The van der Waals surface area contributed by atoms with Crippen LogP contribution in [0.15, 0.2) is 48.5 Å². The molecule has 0 bridgehead atoms. The second-order valence-corrected chi connectivity index (χ2v) is 14.0. The average molecular weight is 622 g/mol. The Bertz CT molecular complexity index is 1380. The lowest BCUT2D eigenvalue weighted by Gasteiger charge is -2.36. The summed E-state index contributed by atoms with van der Waals surface area (Å²) in [6.45, 7) is 11.3. The lowest BCUT2D eigenvalue weighted by molar-refractivity contribution is -0.142. The molecule has 45 heavy (non-hydrogen) atoms. The Morgan fingerprint density at radius 3 is 2.31 bits per heavy atom. The standard InChI is InChI=1S/C35H47N3O7/c1-34(2,3)29(37-33(42)45-35(4,5)6)31(40)38-20-25(44-21-22-15-17-24(18-16-22)32(41)43-7)19-28(38)30(39)36-27-14-10-12-23-11-8-9-13-26(23)27/h8-9,11,13,15-18,25,27-29H,10,12,14,19-21H2,1-7H3,(H,36,39)(H,37,42)/t25-,27+,28-,29+/m0/s1. The minimum absolute atomic E-state index is 0.147. The Morgan fingerprint density at radius 1 is 0.978 bits per heavy atom. The highest BCUT2D eigenvalue weighted by atomic mass is 16.6. The number of aryl methyl sites for hydroxylation is 1. The third kappa shape index (κ3) is 8.84. The molecule has 0 spiro atoms. The van der Waals surface area contributed by atoms with Gasteiger partial charge >= 0.3 is 12.1 Å². The summed E-state index contributed by atoms with van der Waals surface area (Å²) in [5.74, 6) is -1.04. The van der Waals surface area contributed by atoms with Gasteiger partial charge in [-0.15, -0.1) is 0 Å². The highest BCUT2D eigenvalue weighted by molar-refractivity contribution is 5.92. The van der Waals surface area contributed by atoms with Crippen LogP contribution in [0, 0.1) is 5.41 Å². The molecule has 0 saturated carbocycles. The van der Waals surface area contributed by atoms with E-state index >= 15 is 0 Å². The van der Waals surface area contributed by atoms with Gasteiger partial charge in [-0.1, -0.05) is 57.2 Å². The summed E-state index contributed by atoms with van der Waals surface area (Å²) < 4.78 is 16.5. The van der Waals surface area contributed by atoms with Gasteiger partial charge in [-0.3, -0.25) is 9.59 Å². The van der Waals surface area contributed by atoms with E-state index in [1.54, 1.807) is 49.9 Å². The summed E-state index contributed by atoms with van der Waals surface area (Å²) >= 11 is 0. The van der Waals surface area contributed by atoms with Crippen LogP contribution in [-0.4, -0.2) is 66.2 Å². The molecule has 0 unspecified atom stereocenters. The minimum atomic E-state index is -0.942. The predicted octanol–water partition coefficient (Wildman–Crippen LogP) is 5.09. The number of methoxy groups -OCH3 is 1. The Kier molecular flexibility index (Phi) is 10.6. The number of carbonyl (C=O) groups is 4. The molecule has 3 amide bonds. The third-order valence-electron chi connectivity index (χ3n) is 8.17. The topological polar surface area (TPSA) is 123 Å². The van der Waals surface area contributed by atoms with Crippen molar-refractivity contribution in [3.05, 3.63) is 70.8 Å². The molecule has 2 aliphatic rings. The van der Waals surface area contributed by atoms with E-state index in [2.05, 4.69) is 22.8 Å². The molecule has 1 aliphatic heterocycles. The van der Waals surface area contributed by atoms with Crippen molar-refractivity contribution in [2.45, 2.75) is 104 Å². The summed E-state index contributed by atoms with van der Waals surface area (Å²) in [7, 11) is 1.33. The van der Waals surface area contributed by atoms with Gasteiger partial charge < -0.3 is 29.7 Å². The average Bonchev–Trinajstić information content (AvgIpc) is 3.42. The van der Waals surface area contributed by atoms with Crippen molar-refractivity contribution < 1.29 is 33.4 Å². The Labute approximate surface area is 266 Å². The number of carbonyl (C=O) groups excluding carboxylic acids is 4. The molecule has 2 aromatic carbocycles. The molecule has 1 fully saturated rings. The zero-order valence-electron chi connectivity index (χ0n) is 27.5. The fourth-order valence-corrected chi connectivity index (χ4v) is 5.89. The van der Waals surface area contributed by atoms with Crippen molar-refractivity contribution in [1.82, 2.24) is 15.5 Å². The quantitative estimate of drug-likeness (QED) is 0.394. The Morgan fingerprint density at radius 2 is 1.67 bits per heavy atom. The van der Waals surface area contributed by atoms with E-state index in [0.29, 0.717) is 12.0 Å². The van der Waals surface area contributed by atoms with Crippen molar-refractivity contribution in [2.75, 3.05) is 13.7 Å². The molecular formula is C35H47N3O7. The molecule has 1 aliphatic carbocycles. The molecule has 4 atom stereocenters. The summed E-state index contributed by atoms with van der Waals surface area (Å²) in [6.07, 6.45) is 1.92. The number of alkyl carbamates (subject to hydrolysis) is 1. The molecule has 1 heterocycles. The Balaban J connectivity index is 1.54. The van der Waals surface area contributed by atoms with Gasteiger partial charge in [-0.2, -0.15) is 0 Å². The van der Waals surface area contributed by atoms with E-state index < -0.39 is 41.3 Å². The first-order chi connectivity index (χ1) is 21.2. The number of ether oxygens (including phenoxy) is 3. The van der Waals surface area contributed by atoms with Crippen LogP contribution in [-0.2, 0) is 36.8 Å². The second-order valence-electron chi connectivity index (χ2n) is 14.0. The maximum Gasteiger partial charge on any atom is 0.408 e. The number of hydrogen-bond donors (Lipinski definition) is 2. The van der Waals surface area contributed by atoms with Crippen molar-refractivity contribution in [3.8, 4) is 0 Å². The van der Waals surface area contributed by atoms with Crippen LogP contribution >= 0.6 is 0 Å². The fourth-order valence-electron chi connectivity index (χ4n) is 5.89. The van der Waals surface area contributed by atoms with Gasteiger partial charge in [0.05, 0.1) is 31.4 Å². The van der Waals surface area contributed by atoms with Gasteiger partial charge in [0.2, 0.25) is 11.8 Å². The van der Waals surface area contributed by atoms with E-state index in [1.165, 1.54) is 12.7 Å². The summed E-state index contributed by atoms with van der Waals surface area (Å²) in [6, 6.07) is 13.2. The predicted molar refractivity (Wildman–Crippen MR) is 169 cm³/mol. The van der Waals surface area contributed by atoms with Crippen molar-refractivity contribution in [2.24, 2.45) is 5.41 Å². The number of nitrogens with zero attached hydrogens (tertiary/aromatic N) is 1. The van der Waals surface area contributed by atoms with Gasteiger partial charge in [0, 0.05) is 13.0 Å². The van der Waals surface area contributed by atoms with E-state index in [-0.39, 0.29) is 31.0 Å². The van der Waals surface area contributed by atoms with Crippen molar-refractivity contribution in [3.63, 3.8) is 0 Å². The molecule has 4 rings (SSSR count). The SMILES string of the molecule is COC(=O)c1ccc(CO[C@H]2C[C@@H](C(=O)N[C@@H]3CCCc4ccccc43)N(C(=O)[C@@H](NC(=O)OC(C)(C)C)C(C)(C)C)C2)cc1. The number of likely N-dealkylation sites (tertiary alicyclic amines) is 1. The van der Waals surface area contributed by atoms with Crippen molar-refractivity contribution >= 4 is 23.9 Å². The van der Waals surface area contributed by atoms with Crippen molar-refractivity contribution in [1.29, 1.82) is 0 Å². The largest absolute Gasteiger partial charge is 0.465 e. The first-order valence-corrected chi connectivity index (χ1v) is 15.6. The van der Waals surface area contributed by atoms with Crippen LogP contribution in [0.25, 0.3) is 0 Å². The molecule has 0 radical (unpaired) electrons. The van der Waals surface area contributed by atoms with Gasteiger partial charge in [0.15, 0.2) is 0 Å². The van der Waals surface area contributed by atoms with E-state index in [9.17, 15) is 19.2 Å². The fraction of sp³-hybridized carbons (Fsp3) is 0.543. The smallest absolute Gasteiger partial charge is 0.408 e. The van der Waals surface area contributed by atoms with Crippen LogP contribution in [0.1, 0.15) is 93.9 Å². The van der Waals surface area contributed by atoms with E-state index in [4.69, 9.17) is 14.2 Å². The lowest BCUT2D eigenvalue weighted by atomic mass is 9.85. The normalized spacial score (nSPS) is 20.5. The number of esters is 1. The summed E-state index contributed by atoms with van der Waals surface area (Å²) in [5.41, 5.74) is 2.20. The number of fused-ring (bicyclic) bond motifs is 1. The molecule has 2 aromatic rings. The highest BCUT2D eigenvalue weighted by Gasteiger charge is 2.46. The molecule has 2 N–H and O–H groups in total. The maximum atomic E-state index is 14.2. The van der Waals surface area contributed by atoms with Gasteiger partial charge in [-0.05, 0) is 74.3 Å². The van der Waals surface area contributed by atoms with E-state index in [1.807, 2.05) is 32.9 Å². The second kappa shape index (κ2) is 14.0. The van der Waals surface area contributed by atoms with Crippen LogP contribution < -0.4 is 10.6 Å². The number of nitrogens with one attached hydrogen (secondary N) is 2. The maximum absolute atomic E-state index is 14.2. The zero-order valence-corrected chi connectivity index (χ0v) is 27.5. The third-order valence-corrected chi connectivity index (χ3v) is 8.17. The molecule has 0 aromatic heterocycles. The van der Waals surface area contributed by atoms with Gasteiger partial charge in [-0.25, -0.2) is 9.59 Å². The van der Waals surface area contributed by atoms with Crippen LogP contribution in [0.5, 0.6) is 0 Å². The summed E-state index contributed by atoms with van der Waals surface area (Å²) in [5, 5.41) is 6.00. The molecule has 10 nitrogen and oxygen atoms in total. The monoisotopic (exact) mass is 621 g/mol. The number of amides is 3. The Hall–Kier alpha value is -3.92. The molecule has 10 heteroatoms. The zero-order chi connectivity index (χ0) is 32.9. The van der Waals surface area contributed by atoms with Crippen LogP contribution in [0.3, 0.4) is 0 Å². The molecule has 1 saturated heterocycles. The van der Waals surface area contributed by atoms with Crippen LogP contribution in [0.4, 0.5) is 4.79 Å². The first-order valence-electron chi connectivity index (χ1n) is 15.6. The number of benzene rings is 2. The lowest BCUT2D eigenvalue weighted by Crippen LogP contribution is -2.58. The molecular weight excluding hydrogens is 574 g/mol. The number of rotatable bonds is 8. The molecule has 244 valence electrons. The summed E-state index contributed by atoms with van der Waals surface area (Å²) in [4.78, 5) is 54.3. The first kappa shape index (κ1) is 34.0.